The zero-order chi connectivity index (χ0) is 21.0. The average molecular weight is 431 g/mol. The molecule has 1 atom stereocenters. The Kier molecular flexibility index (Phi) is 6.41. The topological polar surface area (TPSA) is 101 Å². The highest BCUT2D eigenvalue weighted by Gasteiger charge is 2.25. The number of sulfonamides is 1. The fourth-order valence-electron chi connectivity index (χ4n) is 2.91. The molecule has 0 radical (unpaired) electrons. The fraction of sp³-hybridized carbons (Fsp3) is 0.250. The second-order valence-corrected chi connectivity index (χ2v) is 9.50. The summed E-state index contributed by atoms with van der Waals surface area (Å²) in [6, 6.07) is 14.3. The summed E-state index contributed by atoms with van der Waals surface area (Å²) >= 11 is 0.814. The summed E-state index contributed by atoms with van der Waals surface area (Å²) in [4.78, 5) is 12.3. The number of amides is 1. The van der Waals surface area contributed by atoms with E-state index in [2.05, 4.69) is 20.2 Å². The van der Waals surface area contributed by atoms with Crippen LogP contribution in [0, 0.1) is 13.8 Å². The van der Waals surface area contributed by atoms with Gasteiger partial charge in [0.1, 0.15) is 0 Å². The van der Waals surface area contributed by atoms with Gasteiger partial charge in [-0.15, -0.1) is 10.2 Å². The molecule has 0 aliphatic heterocycles. The highest BCUT2D eigenvalue weighted by atomic mass is 32.2. The Morgan fingerprint density at radius 1 is 1.10 bits per heavy atom. The minimum atomic E-state index is -3.88. The molecular weight excluding hydrogens is 408 g/mol. The van der Waals surface area contributed by atoms with Gasteiger partial charge >= 0.3 is 0 Å². The van der Waals surface area contributed by atoms with Gasteiger partial charge in [-0.1, -0.05) is 60.2 Å². The van der Waals surface area contributed by atoms with Crippen molar-refractivity contribution in [2.24, 2.45) is 0 Å². The summed E-state index contributed by atoms with van der Waals surface area (Å²) in [7, 11) is -3.88. The van der Waals surface area contributed by atoms with Crippen molar-refractivity contribution in [3.8, 4) is 0 Å². The summed E-state index contributed by atoms with van der Waals surface area (Å²) in [5.74, 6) is -0.367. The predicted octanol–water partition coefficient (Wildman–Crippen LogP) is 3.84. The molecule has 7 nitrogen and oxygen atoms in total. The molecule has 1 aromatic heterocycles. The minimum Gasteiger partial charge on any atom is -0.296 e. The van der Waals surface area contributed by atoms with Crippen LogP contribution in [0.3, 0.4) is 0 Å². The Hall–Kier alpha value is -2.62. The van der Waals surface area contributed by atoms with Crippen molar-refractivity contribution in [1.29, 1.82) is 0 Å². The molecule has 3 aromatic rings. The van der Waals surface area contributed by atoms with Gasteiger partial charge in [-0.3, -0.25) is 10.1 Å². The van der Waals surface area contributed by atoms with Gasteiger partial charge in [-0.25, -0.2) is 13.1 Å². The lowest BCUT2D eigenvalue weighted by Crippen LogP contribution is -2.28. The van der Waals surface area contributed by atoms with E-state index in [0.29, 0.717) is 12.0 Å². The van der Waals surface area contributed by atoms with E-state index in [1.165, 1.54) is 0 Å². The smallest absolute Gasteiger partial charge is 0.270 e. The van der Waals surface area contributed by atoms with Crippen LogP contribution in [0.15, 0.2) is 52.9 Å². The Morgan fingerprint density at radius 3 is 2.55 bits per heavy atom. The van der Waals surface area contributed by atoms with Crippen molar-refractivity contribution in [3.63, 3.8) is 0 Å². The highest BCUT2D eigenvalue weighted by molar-refractivity contribution is 7.91. The monoisotopic (exact) mass is 430 g/mol. The maximum atomic E-state index is 12.8. The SMILES string of the molecule is CC[C@H](NS(=O)(=O)c1nnc(NC(=O)c2cccc(C)c2)s1)c1ccccc1C. The number of rotatable bonds is 7. The van der Waals surface area contributed by atoms with Gasteiger partial charge in [0.15, 0.2) is 0 Å². The number of carbonyl (C=O) groups excluding carboxylic acids is 1. The number of hydrogen-bond donors (Lipinski definition) is 2. The second-order valence-electron chi connectivity index (χ2n) is 6.64. The number of aryl methyl sites for hydroxylation is 2. The molecule has 0 aliphatic rings. The average Bonchev–Trinajstić information content (AvgIpc) is 3.16. The summed E-state index contributed by atoms with van der Waals surface area (Å²) in [6.07, 6.45) is 0.583. The third-order valence-corrected chi connectivity index (χ3v) is 7.08. The van der Waals surface area contributed by atoms with Crippen LogP contribution < -0.4 is 10.0 Å². The Labute approximate surface area is 174 Å². The summed E-state index contributed by atoms with van der Waals surface area (Å²) in [6.45, 7) is 5.74. The molecule has 2 aromatic carbocycles. The molecule has 0 bridgehead atoms. The Balaban J connectivity index is 1.76. The third kappa shape index (κ3) is 5.06. The molecule has 3 rings (SSSR count). The van der Waals surface area contributed by atoms with Crippen molar-refractivity contribution < 1.29 is 13.2 Å². The van der Waals surface area contributed by atoms with Crippen molar-refractivity contribution in [2.75, 3.05) is 5.32 Å². The van der Waals surface area contributed by atoms with E-state index in [4.69, 9.17) is 0 Å². The van der Waals surface area contributed by atoms with Crippen LogP contribution in [0.25, 0.3) is 0 Å². The van der Waals surface area contributed by atoms with Crippen LogP contribution in [-0.4, -0.2) is 24.5 Å². The van der Waals surface area contributed by atoms with E-state index < -0.39 is 10.0 Å². The number of nitrogens with zero attached hydrogens (tertiary/aromatic N) is 2. The molecule has 29 heavy (non-hydrogen) atoms. The molecule has 9 heteroatoms. The van der Waals surface area contributed by atoms with Gasteiger partial charge in [0.2, 0.25) is 9.47 Å². The van der Waals surface area contributed by atoms with Crippen LogP contribution in [0.4, 0.5) is 5.13 Å². The van der Waals surface area contributed by atoms with E-state index in [-0.39, 0.29) is 21.4 Å². The Morgan fingerprint density at radius 2 is 1.86 bits per heavy atom. The van der Waals surface area contributed by atoms with Crippen LogP contribution in [0.2, 0.25) is 0 Å². The molecule has 0 unspecified atom stereocenters. The van der Waals surface area contributed by atoms with E-state index in [1.54, 1.807) is 18.2 Å². The molecule has 0 saturated carbocycles. The molecule has 0 spiro atoms. The number of benzene rings is 2. The molecule has 0 fully saturated rings. The first-order valence-corrected chi connectivity index (χ1v) is 11.4. The lowest BCUT2D eigenvalue weighted by Gasteiger charge is -2.18. The first kappa shape index (κ1) is 21.1. The lowest BCUT2D eigenvalue weighted by molar-refractivity contribution is 0.102. The summed E-state index contributed by atoms with van der Waals surface area (Å²) in [5, 5.41) is 10.3. The first-order chi connectivity index (χ1) is 13.8. The number of anilines is 1. The molecule has 0 saturated heterocycles. The van der Waals surface area contributed by atoms with Crippen LogP contribution in [0.5, 0.6) is 0 Å². The number of carbonyl (C=O) groups is 1. The number of hydrogen-bond acceptors (Lipinski definition) is 6. The predicted molar refractivity (Wildman–Crippen MR) is 114 cm³/mol. The van der Waals surface area contributed by atoms with Crippen molar-refractivity contribution in [3.05, 3.63) is 70.8 Å². The standard InChI is InChI=1S/C20H22N4O3S2/c1-4-17(16-11-6-5-9-14(16)3)24-29(26,27)20-23-22-19(28-20)21-18(25)15-10-7-8-13(2)12-15/h5-12,17,24H,4H2,1-3H3,(H,21,22,25)/t17-/m0/s1. The summed E-state index contributed by atoms with van der Waals surface area (Å²) < 4.78 is 28.1. The van der Waals surface area contributed by atoms with Crippen molar-refractivity contribution in [1.82, 2.24) is 14.9 Å². The van der Waals surface area contributed by atoms with Gasteiger partial charge in [-0.05, 0) is 43.5 Å². The first-order valence-electron chi connectivity index (χ1n) is 9.09. The number of nitrogens with one attached hydrogen (secondary N) is 2. The molecule has 152 valence electrons. The molecule has 0 aliphatic carbocycles. The zero-order valence-electron chi connectivity index (χ0n) is 16.3. The van der Waals surface area contributed by atoms with Crippen LogP contribution in [-0.2, 0) is 10.0 Å². The van der Waals surface area contributed by atoms with E-state index in [1.807, 2.05) is 51.1 Å². The molecular formula is C20H22N4O3S2. The van der Waals surface area contributed by atoms with Crippen molar-refractivity contribution in [2.45, 2.75) is 37.6 Å². The minimum absolute atomic E-state index is 0.126. The number of aromatic nitrogens is 2. The fourth-order valence-corrected chi connectivity index (χ4v) is 5.12. The van der Waals surface area contributed by atoms with Gasteiger partial charge in [0, 0.05) is 11.6 Å². The maximum absolute atomic E-state index is 12.8. The quantitative estimate of drug-likeness (QED) is 0.555. The maximum Gasteiger partial charge on any atom is 0.270 e. The van der Waals surface area contributed by atoms with E-state index >= 15 is 0 Å². The molecule has 1 amide bonds. The molecule has 2 N–H and O–H groups in total. The highest BCUT2D eigenvalue weighted by Crippen LogP contribution is 2.25. The molecule has 1 heterocycles. The van der Waals surface area contributed by atoms with Gasteiger partial charge in [0.25, 0.3) is 15.9 Å². The lowest BCUT2D eigenvalue weighted by atomic mass is 10.0. The normalized spacial score (nSPS) is 12.5. The van der Waals surface area contributed by atoms with E-state index in [9.17, 15) is 13.2 Å². The Bertz CT molecular complexity index is 1130. The van der Waals surface area contributed by atoms with Crippen molar-refractivity contribution >= 4 is 32.4 Å². The summed E-state index contributed by atoms with van der Waals surface area (Å²) in [5.41, 5.74) is 3.33. The van der Waals surface area contributed by atoms with Gasteiger partial charge in [0.05, 0.1) is 0 Å². The second kappa shape index (κ2) is 8.81. The van der Waals surface area contributed by atoms with Crippen LogP contribution in [0.1, 0.15) is 46.4 Å². The van der Waals surface area contributed by atoms with E-state index in [0.717, 1.165) is 28.0 Å². The van der Waals surface area contributed by atoms with Gasteiger partial charge < -0.3 is 0 Å². The van der Waals surface area contributed by atoms with Gasteiger partial charge in [-0.2, -0.15) is 0 Å². The zero-order valence-corrected chi connectivity index (χ0v) is 18.0. The van der Waals surface area contributed by atoms with Crippen LogP contribution >= 0.6 is 11.3 Å². The third-order valence-electron chi connectivity index (χ3n) is 4.41. The largest absolute Gasteiger partial charge is 0.296 e.